The molecule has 11 heteroatoms. The summed E-state index contributed by atoms with van der Waals surface area (Å²) in [5.41, 5.74) is 0.183. The number of rotatable bonds is 6. The zero-order valence-electron chi connectivity index (χ0n) is 16.3. The van der Waals surface area contributed by atoms with Gasteiger partial charge in [-0.15, -0.1) is 16.4 Å². The number of aromatic nitrogens is 3. The number of aryl methyl sites for hydroxylation is 1. The van der Waals surface area contributed by atoms with E-state index in [0.717, 1.165) is 21.5 Å². The number of nitrogens with one attached hydrogen (secondary N) is 1. The van der Waals surface area contributed by atoms with Crippen molar-refractivity contribution in [1.29, 1.82) is 0 Å². The molecule has 1 aromatic carbocycles. The predicted molar refractivity (Wildman–Crippen MR) is 106 cm³/mol. The number of hydrogen-bond donors (Lipinski definition) is 1. The minimum Gasteiger partial charge on any atom is -0.486 e. The van der Waals surface area contributed by atoms with Crippen molar-refractivity contribution in [2.75, 3.05) is 13.2 Å². The fourth-order valence-electron chi connectivity index (χ4n) is 2.76. The zero-order chi connectivity index (χ0) is 22.0. The molecular formula is C20H17F3N4O3S. The Kier molecular flexibility index (Phi) is 5.88. The van der Waals surface area contributed by atoms with Crippen LogP contribution in [-0.4, -0.2) is 40.4 Å². The van der Waals surface area contributed by atoms with Crippen molar-refractivity contribution in [3.05, 3.63) is 58.4 Å². The smallest absolute Gasteiger partial charge is 0.435 e. The van der Waals surface area contributed by atoms with E-state index < -0.39 is 17.8 Å². The van der Waals surface area contributed by atoms with Gasteiger partial charge in [0.15, 0.2) is 5.69 Å². The Morgan fingerprint density at radius 3 is 2.65 bits per heavy atom. The van der Waals surface area contributed by atoms with Gasteiger partial charge in [0.1, 0.15) is 16.9 Å². The summed E-state index contributed by atoms with van der Waals surface area (Å²) in [4.78, 5) is 18.1. The number of nitrogens with zero attached hydrogens (tertiary/aromatic N) is 3. The summed E-state index contributed by atoms with van der Waals surface area (Å²) in [6, 6.07) is 7.11. The first-order valence-corrected chi connectivity index (χ1v) is 10.1. The topological polar surface area (TPSA) is 86.2 Å². The molecule has 7 nitrogen and oxygen atoms in total. The number of alkyl halides is 3. The van der Waals surface area contributed by atoms with Crippen molar-refractivity contribution in [3.63, 3.8) is 0 Å². The lowest BCUT2D eigenvalue weighted by Crippen LogP contribution is -2.38. The van der Waals surface area contributed by atoms with Crippen LogP contribution in [0.3, 0.4) is 0 Å². The molecular weight excluding hydrogens is 433 g/mol. The SMILES string of the molecule is Cc1cnc(-c2cc(OC3COC3)cc(C(=O)NCc3ccc(C(F)(F)F)nn3)c2)s1. The number of ether oxygens (including phenoxy) is 2. The average Bonchev–Trinajstić information content (AvgIpc) is 3.15. The molecule has 0 radical (unpaired) electrons. The number of benzene rings is 1. The molecule has 1 aliphatic heterocycles. The predicted octanol–water partition coefficient (Wildman–Crippen LogP) is 3.63. The monoisotopic (exact) mass is 450 g/mol. The van der Waals surface area contributed by atoms with Gasteiger partial charge in [-0.05, 0) is 37.3 Å². The molecule has 0 saturated carbocycles. The number of carbonyl (C=O) groups excluding carboxylic acids is 1. The molecule has 1 aliphatic rings. The molecule has 3 aromatic rings. The fraction of sp³-hybridized carbons (Fsp3) is 0.300. The van der Waals surface area contributed by atoms with E-state index in [1.54, 1.807) is 18.3 Å². The highest BCUT2D eigenvalue weighted by Crippen LogP contribution is 2.30. The van der Waals surface area contributed by atoms with E-state index in [-0.39, 0.29) is 18.3 Å². The molecule has 0 atom stereocenters. The lowest BCUT2D eigenvalue weighted by atomic mass is 10.1. The van der Waals surface area contributed by atoms with E-state index >= 15 is 0 Å². The highest BCUT2D eigenvalue weighted by Gasteiger charge is 2.32. The Morgan fingerprint density at radius 1 is 1.26 bits per heavy atom. The molecule has 0 bridgehead atoms. The molecule has 4 rings (SSSR count). The highest BCUT2D eigenvalue weighted by molar-refractivity contribution is 7.14. The summed E-state index contributed by atoms with van der Waals surface area (Å²) in [5, 5.41) is 10.1. The van der Waals surface area contributed by atoms with Crippen molar-refractivity contribution in [2.45, 2.75) is 25.7 Å². The third-order valence-electron chi connectivity index (χ3n) is 4.39. The zero-order valence-corrected chi connectivity index (χ0v) is 17.1. The highest BCUT2D eigenvalue weighted by atomic mass is 32.1. The molecule has 0 unspecified atom stereocenters. The lowest BCUT2D eigenvalue weighted by Gasteiger charge is -2.27. The first-order chi connectivity index (χ1) is 14.8. The van der Waals surface area contributed by atoms with Crippen LogP contribution in [0.1, 0.15) is 26.6 Å². The maximum absolute atomic E-state index is 12.7. The van der Waals surface area contributed by atoms with Gasteiger partial charge in [-0.2, -0.15) is 18.3 Å². The van der Waals surface area contributed by atoms with Crippen molar-refractivity contribution < 1.29 is 27.4 Å². The molecule has 1 fully saturated rings. The average molecular weight is 450 g/mol. The van der Waals surface area contributed by atoms with Crippen molar-refractivity contribution in [3.8, 4) is 16.3 Å². The molecule has 3 heterocycles. The van der Waals surface area contributed by atoms with Crippen LogP contribution >= 0.6 is 11.3 Å². The van der Waals surface area contributed by atoms with Crippen molar-refractivity contribution in [1.82, 2.24) is 20.5 Å². The molecule has 31 heavy (non-hydrogen) atoms. The van der Waals surface area contributed by atoms with Crippen LogP contribution in [-0.2, 0) is 17.5 Å². The van der Waals surface area contributed by atoms with Gasteiger partial charge in [-0.25, -0.2) is 4.98 Å². The Morgan fingerprint density at radius 2 is 2.06 bits per heavy atom. The molecule has 162 valence electrons. The Hall–Kier alpha value is -3.05. The van der Waals surface area contributed by atoms with Crippen LogP contribution in [0.2, 0.25) is 0 Å². The third kappa shape index (κ3) is 5.17. The number of halogens is 3. The first kappa shape index (κ1) is 21.2. The van der Waals surface area contributed by atoms with E-state index in [9.17, 15) is 18.0 Å². The van der Waals surface area contributed by atoms with E-state index in [1.165, 1.54) is 17.4 Å². The molecule has 2 aromatic heterocycles. The van der Waals surface area contributed by atoms with Gasteiger partial charge in [0.2, 0.25) is 0 Å². The van der Waals surface area contributed by atoms with Crippen LogP contribution in [0.4, 0.5) is 13.2 Å². The van der Waals surface area contributed by atoms with Crippen LogP contribution < -0.4 is 10.1 Å². The maximum Gasteiger partial charge on any atom is 0.435 e. The summed E-state index contributed by atoms with van der Waals surface area (Å²) >= 11 is 1.49. The van der Waals surface area contributed by atoms with E-state index in [4.69, 9.17) is 9.47 Å². The lowest BCUT2D eigenvalue weighted by molar-refractivity contribution is -0.141. The van der Waals surface area contributed by atoms with E-state index in [0.29, 0.717) is 24.5 Å². The summed E-state index contributed by atoms with van der Waals surface area (Å²) in [7, 11) is 0. The van der Waals surface area contributed by atoms with Crippen molar-refractivity contribution in [2.24, 2.45) is 0 Å². The normalized spacial score (nSPS) is 14.2. The van der Waals surface area contributed by atoms with Gasteiger partial charge in [0.25, 0.3) is 5.91 Å². The Balaban J connectivity index is 1.51. The van der Waals surface area contributed by atoms with Crippen LogP contribution in [0.25, 0.3) is 10.6 Å². The van der Waals surface area contributed by atoms with Gasteiger partial charge in [0, 0.05) is 22.2 Å². The second kappa shape index (κ2) is 8.60. The minimum atomic E-state index is -4.56. The van der Waals surface area contributed by atoms with Gasteiger partial charge >= 0.3 is 6.18 Å². The fourth-order valence-corrected chi connectivity index (χ4v) is 3.51. The summed E-state index contributed by atoms with van der Waals surface area (Å²) in [6.45, 7) is 2.83. The van der Waals surface area contributed by atoms with Gasteiger partial charge in [-0.3, -0.25) is 4.79 Å². The van der Waals surface area contributed by atoms with Gasteiger partial charge < -0.3 is 14.8 Å². The molecule has 0 aliphatic carbocycles. The van der Waals surface area contributed by atoms with E-state index in [2.05, 4.69) is 20.5 Å². The number of hydrogen-bond acceptors (Lipinski definition) is 7. The van der Waals surface area contributed by atoms with Crippen LogP contribution in [0.15, 0.2) is 36.5 Å². The quantitative estimate of drug-likeness (QED) is 0.617. The van der Waals surface area contributed by atoms with Crippen LogP contribution in [0, 0.1) is 6.92 Å². The largest absolute Gasteiger partial charge is 0.486 e. The standard InChI is InChI=1S/C20H17F3N4O3S/c1-11-7-25-19(31-11)13-4-12(5-15(6-13)30-16-9-29-10-16)18(28)24-8-14-2-3-17(27-26-14)20(21,22)23/h2-7,16H,8-10H2,1H3,(H,24,28). The third-order valence-corrected chi connectivity index (χ3v) is 5.35. The summed E-state index contributed by atoms with van der Waals surface area (Å²) < 4.78 is 48.8. The number of carbonyl (C=O) groups is 1. The summed E-state index contributed by atoms with van der Waals surface area (Å²) in [5.74, 6) is 0.0876. The summed E-state index contributed by atoms with van der Waals surface area (Å²) in [6.07, 6.45) is -2.90. The number of amides is 1. The number of thiazole rings is 1. The Bertz CT molecular complexity index is 1080. The molecule has 1 N–H and O–H groups in total. The molecule has 1 saturated heterocycles. The van der Waals surface area contributed by atoms with E-state index in [1.807, 2.05) is 13.0 Å². The first-order valence-electron chi connectivity index (χ1n) is 9.28. The Labute approximate surface area is 179 Å². The molecule has 0 spiro atoms. The van der Waals surface area contributed by atoms with Gasteiger partial charge in [-0.1, -0.05) is 0 Å². The van der Waals surface area contributed by atoms with Crippen LogP contribution in [0.5, 0.6) is 5.75 Å². The maximum atomic E-state index is 12.7. The second-order valence-electron chi connectivity index (χ2n) is 6.89. The second-order valence-corrected chi connectivity index (χ2v) is 8.12. The minimum absolute atomic E-state index is 0.0722. The van der Waals surface area contributed by atoms with Gasteiger partial charge in [0.05, 0.1) is 25.5 Å². The molecule has 1 amide bonds. The van der Waals surface area contributed by atoms with Crippen molar-refractivity contribution >= 4 is 17.2 Å².